The summed E-state index contributed by atoms with van der Waals surface area (Å²) in [6, 6.07) is 13.1. The standard InChI is InChI=1S/C23H26N2O4S/c1-5-16-6-7-18(13-21(16)30(4,28)29)17-8-10-19(11-9-17)25-14-20(23(26)27)24-22(25)12-15(2)3/h6-11,13-15H,5,12H2,1-4H3,(H,26,27). The fourth-order valence-electron chi connectivity index (χ4n) is 3.44. The van der Waals surface area contributed by atoms with Crippen LogP contribution in [0.3, 0.4) is 0 Å². The van der Waals surface area contributed by atoms with Crippen molar-refractivity contribution in [3.05, 3.63) is 65.7 Å². The lowest BCUT2D eigenvalue weighted by Crippen LogP contribution is -2.04. The third-order valence-corrected chi connectivity index (χ3v) is 6.09. The Morgan fingerprint density at radius 3 is 2.27 bits per heavy atom. The van der Waals surface area contributed by atoms with Crippen molar-refractivity contribution in [2.45, 2.75) is 38.5 Å². The van der Waals surface area contributed by atoms with Crippen LogP contribution in [-0.4, -0.2) is 35.3 Å². The second-order valence-electron chi connectivity index (χ2n) is 7.81. The summed E-state index contributed by atoms with van der Waals surface area (Å²) in [7, 11) is -3.32. The number of imidazole rings is 1. The summed E-state index contributed by atoms with van der Waals surface area (Å²) >= 11 is 0. The molecule has 0 fully saturated rings. The van der Waals surface area contributed by atoms with Crippen LogP contribution in [0.25, 0.3) is 16.8 Å². The number of benzene rings is 2. The smallest absolute Gasteiger partial charge is 0.356 e. The first-order valence-corrected chi connectivity index (χ1v) is 11.7. The Morgan fingerprint density at radius 2 is 1.73 bits per heavy atom. The average molecular weight is 427 g/mol. The maximum atomic E-state index is 12.2. The van der Waals surface area contributed by atoms with Gasteiger partial charge in [-0.05, 0) is 47.2 Å². The van der Waals surface area contributed by atoms with Crippen molar-refractivity contribution in [1.29, 1.82) is 0 Å². The second kappa shape index (κ2) is 8.44. The molecule has 1 N–H and O–H groups in total. The normalized spacial score (nSPS) is 11.8. The first kappa shape index (κ1) is 21.8. The van der Waals surface area contributed by atoms with Gasteiger partial charge in [0.2, 0.25) is 0 Å². The van der Waals surface area contributed by atoms with Gasteiger partial charge in [-0.3, -0.25) is 0 Å². The fraction of sp³-hybridized carbons (Fsp3) is 0.304. The number of carboxylic acid groups (broad SMARTS) is 1. The largest absolute Gasteiger partial charge is 0.476 e. The summed E-state index contributed by atoms with van der Waals surface area (Å²) in [4.78, 5) is 16.0. The molecular weight excluding hydrogens is 400 g/mol. The van der Waals surface area contributed by atoms with Gasteiger partial charge < -0.3 is 9.67 Å². The molecule has 0 bridgehead atoms. The van der Waals surface area contributed by atoms with Gasteiger partial charge in [0.05, 0.1) is 4.90 Å². The first-order valence-electron chi connectivity index (χ1n) is 9.85. The quantitative estimate of drug-likeness (QED) is 0.605. The molecule has 1 aromatic heterocycles. The van der Waals surface area contributed by atoms with E-state index in [-0.39, 0.29) is 5.69 Å². The topological polar surface area (TPSA) is 89.3 Å². The van der Waals surface area contributed by atoms with E-state index in [9.17, 15) is 18.3 Å². The number of aryl methyl sites for hydroxylation is 1. The monoisotopic (exact) mass is 426 g/mol. The molecule has 30 heavy (non-hydrogen) atoms. The van der Waals surface area contributed by atoms with E-state index >= 15 is 0 Å². The van der Waals surface area contributed by atoms with E-state index in [1.807, 2.05) is 43.3 Å². The van der Waals surface area contributed by atoms with E-state index in [0.717, 1.165) is 22.4 Å². The van der Waals surface area contributed by atoms with Crippen LogP contribution in [0.1, 0.15) is 42.6 Å². The van der Waals surface area contributed by atoms with E-state index in [1.165, 1.54) is 12.5 Å². The van der Waals surface area contributed by atoms with Gasteiger partial charge in [-0.25, -0.2) is 18.2 Å². The molecule has 3 rings (SSSR count). The van der Waals surface area contributed by atoms with Gasteiger partial charge in [-0.15, -0.1) is 0 Å². The van der Waals surface area contributed by atoms with Gasteiger partial charge in [0.25, 0.3) is 0 Å². The van der Waals surface area contributed by atoms with Crippen LogP contribution in [0.4, 0.5) is 0 Å². The van der Waals surface area contributed by atoms with E-state index < -0.39 is 15.8 Å². The van der Waals surface area contributed by atoms with Gasteiger partial charge >= 0.3 is 5.97 Å². The number of rotatable bonds is 7. The highest BCUT2D eigenvalue weighted by Crippen LogP contribution is 2.27. The molecule has 0 saturated carbocycles. The predicted molar refractivity (Wildman–Crippen MR) is 117 cm³/mol. The number of carbonyl (C=O) groups is 1. The first-order chi connectivity index (χ1) is 14.1. The molecule has 6 nitrogen and oxygen atoms in total. The van der Waals surface area contributed by atoms with Crippen molar-refractivity contribution in [3.63, 3.8) is 0 Å². The fourth-order valence-corrected chi connectivity index (χ4v) is 4.47. The van der Waals surface area contributed by atoms with Crippen molar-refractivity contribution in [2.24, 2.45) is 5.92 Å². The molecular formula is C23H26N2O4S. The molecule has 0 aliphatic heterocycles. The zero-order chi connectivity index (χ0) is 22.1. The number of carboxylic acids is 1. The number of aromatic nitrogens is 2. The summed E-state index contributed by atoms with van der Waals surface area (Å²) in [5.41, 5.74) is 3.33. The minimum atomic E-state index is -3.32. The molecule has 1 heterocycles. The third-order valence-electron chi connectivity index (χ3n) is 4.92. The highest BCUT2D eigenvalue weighted by molar-refractivity contribution is 7.90. The highest BCUT2D eigenvalue weighted by Gasteiger charge is 2.16. The molecule has 0 aliphatic carbocycles. The summed E-state index contributed by atoms with van der Waals surface area (Å²) in [5, 5.41) is 9.31. The lowest BCUT2D eigenvalue weighted by molar-refractivity contribution is 0.0691. The molecule has 2 aromatic carbocycles. The lowest BCUT2D eigenvalue weighted by Gasteiger charge is -2.12. The van der Waals surface area contributed by atoms with Gasteiger partial charge in [-0.1, -0.05) is 45.0 Å². The molecule has 0 spiro atoms. The van der Waals surface area contributed by atoms with Gasteiger partial charge in [0, 0.05) is 24.6 Å². The Kier molecular flexibility index (Phi) is 6.12. The van der Waals surface area contributed by atoms with Crippen molar-refractivity contribution < 1.29 is 18.3 Å². The molecule has 0 aliphatic rings. The molecule has 0 atom stereocenters. The highest BCUT2D eigenvalue weighted by atomic mass is 32.2. The van der Waals surface area contributed by atoms with E-state index in [1.54, 1.807) is 10.6 Å². The van der Waals surface area contributed by atoms with Gasteiger partial charge in [-0.2, -0.15) is 0 Å². The van der Waals surface area contributed by atoms with Crippen molar-refractivity contribution in [3.8, 4) is 16.8 Å². The molecule has 7 heteroatoms. The molecule has 0 saturated heterocycles. The third kappa shape index (κ3) is 4.62. The van der Waals surface area contributed by atoms with Crippen LogP contribution in [0.15, 0.2) is 53.6 Å². The maximum Gasteiger partial charge on any atom is 0.356 e. The van der Waals surface area contributed by atoms with E-state index in [0.29, 0.717) is 29.5 Å². The Hall–Kier alpha value is -2.93. The number of hydrogen-bond acceptors (Lipinski definition) is 4. The minimum Gasteiger partial charge on any atom is -0.476 e. The number of hydrogen-bond donors (Lipinski definition) is 1. The number of sulfone groups is 1. The molecule has 0 amide bonds. The minimum absolute atomic E-state index is 0.0164. The average Bonchev–Trinajstić information content (AvgIpc) is 3.10. The number of nitrogens with zero attached hydrogens (tertiary/aromatic N) is 2. The maximum absolute atomic E-state index is 12.2. The Balaban J connectivity index is 2.01. The van der Waals surface area contributed by atoms with Crippen LogP contribution in [0.2, 0.25) is 0 Å². The van der Waals surface area contributed by atoms with Gasteiger partial charge in [0.1, 0.15) is 5.82 Å². The van der Waals surface area contributed by atoms with Crippen LogP contribution >= 0.6 is 0 Å². The van der Waals surface area contributed by atoms with Crippen LogP contribution in [0, 0.1) is 5.92 Å². The Bertz CT molecular complexity index is 1180. The van der Waals surface area contributed by atoms with Gasteiger partial charge in [0.15, 0.2) is 15.5 Å². The Labute approximate surface area is 177 Å². The second-order valence-corrected chi connectivity index (χ2v) is 9.79. The van der Waals surface area contributed by atoms with Crippen molar-refractivity contribution in [2.75, 3.05) is 6.26 Å². The predicted octanol–water partition coefficient (Wildman–Crippen LogP) is 4.40. The summed E-state index contributed by atoms with van der Waals surface area (Å²) < 4.78 is 26.1. The zero-order valence-corrected chi connectivity index (χ0v) is 18.4. The number of aromatic carboxylic acids is 1. The lowest BCUT2D eigenvalue weighted by atomic mass is 10.0. The molecule has 3 aromatic rings. The van der Waals surface area contributed by atoms with Crippen molar-refractivity contribution in [1.82, 2.24) is 9.55 Å². The van der Waals surface area contributed by atoms with Crippen molar-refractivity contribution >= 4 is 15.8 Å². The molecule has 0 radical (unpaired) electrons. The van der Waals surface area contributed by atoms with E-state index in [2.05, 4.69) is 18.8 Å². The molecule has 158 valence electrons. The van der Waals surface area contributed by atoms with Crippen LogP contribution in [-0.2, 0) is 22.7 Å². The SMILES string of the molecule is CCc1ccc(-c2ccc(-n3cc(C(=O)O)nc3CC(C)C)cc2)cc1S(C)(=O)=O. The summed E-state index contributed by atoms with van der Waals surface area (Å²) in [6.45, 7) is 6.05. The van der Waals surface area contributed by atoms with Crippen LogP contribution in [0.5, 0.6) is 0 Å². The van der Waals surface area contributed by atoms with E-state index in [4.69, 9.17) is 0 Å². The Morgan fingerprint density at radius 1 is 1.10 bits per heavy atom. The zero-order valence-electron chi connectivity index (χ0n) is 17.6. The summed E-state index contributed by atoms with van der Waals surface area (Å²) in [5.74, 6) is -0.0277. The summed E-state index contributed by atoms with van der Waals surface area (Å²) in [6.07, 6.45) is 4.06. The molecule has 0 unspecified atom stereocenters. The van der Waals surface area contributed by atoms with Crippen LogP contribution < -0.4 is 0 Å².